The molecule has 0 amide bonds. The molecule has 0 aromatic heterocycles. The van der Waals surface area contributed by atoms with Crippen molar-refractivity contribution in [3.05, 3.63) is 0 Å². The number of esters is 1. The number of ether oxygens (including phenoxy) is 1. The Morgan fingerprint density at radius 3 is 2.32 bits per heavy atom. The zero-order valence-corrected chi connectivity index (χ0v) is 14.9. The van der Waals surface area contributed by atoms with Gasteiger partial charge in [0.05, 0.1) is 5.33 Å². The second-order valence-corrected chi connectivity index (χ2v) is 9.73. The van der Waals surface area contributed by atoms with Gasteiger partial charge in [0.15, 0.2) is 11.0 Å². The number of carbonyl (C=O) groups is 3. The van der Waals surface area contributed by atoms with Crippen LogP contribution in [-0.4, -0.2) is 37.0 Å². The number of ketones is 1. The van der Waals surface area contributed by atoms with E-state index in [9.17, 15) is 19.5 Å². The largest absolute Gasteiger partial charge is 0.480 e. The standard InChI is InChI=1S/C11H11Br3O5/c1-8(2)9(6(16)17)3-11(13,14)5(15)10(8,4-12)19-7(9)18/h3-4H2,1-2H3,(H,16,17)/t9-,10+/m0/s1. The molecule has 1 aliphatic carbocycles. The molecule has 2 bridgehead atoms. The quantitative estimate of drug-likeness (QED) is 0.387. The van der Waals surface area contributed by atoms with E-state index in [1.807, 2.05) is 0 Å². The van der Waals surface area contributed by atoms with Gasteiger partial charge in [-0.1, -0.05) is 61.6 Å². The van der Waals surface area contributed by atoms with Gasteiger partial charge < -0.3 is 9.84 Å². The summed E-state index contributed by atoms with van der Waals surface area (Å²) in [4.78, 5) is 36.5. The molecule has 1 saturated heterocycles. The molecule has 19 heavy (non-hydrogen) atoms. The Morgan fingerprint density at radius 1 is 1.37 bits per heavy atom. The number of carboxylic acids is 1. The maximum absolute atomic E-state index is 12.6. The first-order valence-electron chi connectivity index (χ1n) is 5.45. The number of carboxylic acid groups (broad SMARTS) is 1. The smallest absolute Gasteiger partial charge is 0.325 e. The van der Waals surface area contributed by atoms with Crippen LogP contribution in [0, 0.1) is 10.8 Å². The number of aliphatic carboxylic acids is 1. The molecule has 5 nitrogen and oxygen atoms in total. The fourth-order valence-corrected chi connectivity index (χ4v) is 5.54. The predicted molar refractivity (Wildman–Crippen MR) is 76.7 cm³/mol. The second-order valence-electron chi connectivity index (χ2n) is 5.40. The van der Waals surface area contributed by atoms with Gasteiger partial charge in [0, 0.05) is 11.8 Å². The van der Waals surface area contributed by atoms with E-state index >= 15 is 0 Å². The summed E-state index contributed by atoms with van der Waals surface area (Å²) in [6.45, 7) is 3.17. The molecule has 1 saturated carbocycles. The minimum Gasteiger partial charge on any atom is -0.480 e. The summed E-state index contributed by atoms with van der Waals surface area (Å²) in [5, 5.41) is 9.63. The van der Waals surface area contributed by atoms with Crippen LogP contribution in [0.15, 0.2) is 0 Å². The molecule has 2 atom stereocenters. The van der Waals surface area contributed by atoms with Crippen LogP contribution in [0.5, 0.6) is 0 Å². The minimum atomic E-state index is -1.76. The van der Waals surface area contributed by atoms with Gasteiger partial charge in [-0.05, 0) is 0 Å². The lowest BCUT2D eigenvalue weighted by atomic mass is 9.53. The van der Waals surface area contributed by atoms with Crippen molar-refractivity contribution in [2.45, 2.75) is 29.1 Å². The third kappa shape index (κ3) is 1.48. The van der Waals surface area contributed by atoms with Crippen LogP contribution >= 0.6 is 47.8 Å². The van der Waals surface area contributed by atoms with Crippen LogP contribution in [0.4, 0.5) is 0 Å². The van der Waals surface area contributed by atoms with Crippen LogP contribution in [0.3, 0.4) is 0 Å². The van der Waals surface area contributed by atoms with Crippen LogP contribution in [-0.2, 0) is 19.1 Å². The van der Waals surface area contributed by atoms with Crippen molar-refractivity contribution in [2.75, 3.05) is 5.33 Å². The van der Waals surface area contributed by atoms with Crippen LogP contribution in [0.25, 0.3) is 0 Å². The highest BCUT2D eigenvalue weighted by Crippen LogP contribution is 2.67. The average molecular weight is 463 g/mol. The van der Waals surface area contributed by atoms with Gasteiger partial charge in [0.1, 0.15) is 3.23 Å². The van der Waals surface area contributed by atoms with Crippen molar-refractivity contribution < 1.29 is 24.2 Å². The van der Waals surface area contributed by atoms with E-state index in [4.69, 9.17) is 4.74 Å². The Bertz CT molecular complexity index is 501. The molecule has 0 unspecified atom stereocenters. The number of carbonyl (C=O) groups excluding carboxylic acids is 2. The Morgan fingerprint density at radius 2 is 1.89 bits per heavy atom. The highest BCUT2D eigenvalue weighted by atomic mass is 79.9. The summed E-state index contributed by atoms with van der Waals surface area (Å²) in [6.07, 6.45) is -0.200. The number of rotatable bonds is 2. The molecule has 2 aliphatic rings. The zero-order chi connectivity index (χ0) is 14.9. The Hall–Kier alpha value is 0.0500. The first-order chi connectivity index (χ1) is 8.49. The number of fused-ring (bicyclic) bond motifs is 2. The SMILES string of the molecule is CC1(C)[C@]2(C(=O)O)CC(Br)(Br)C(=O)[C@@]1(CBr)OC2=O. The Balaban J connectivity index is 2.80. The molecule has 0 spiro atoms. The first kappa shape index (κ1) is 15.4. The van der Waals surface area contributed by atoms with Gasteiger partial charge in [-0.15, -0.1) is 0 Å². The van der Waals surface area contributed by atoms with Gasteiger partial charge >= 0.3 is 11.9 Å². The molecule has 106 valence electrons. The van der Waals surface area contributed by atoms with Crippen LogP contribution in [0.1, 0.15) is 20.3 Å². The van der Waals surface area contributed by atoms with Crippen molar-refractivity contribution in [1.82, 2.24) is 0 Å². The summed E-state index contributed by atoms with van der Waals surface area (Å²) in [6, 6.07) is 0. The predicted octanol–water partition coefficient (Wildman–Crippen LogP) is 2.23. The van der Waals surface area contributed by atoms with Crippen LogP contribution < -0.4 is 0 Å². The number of alkyl halides is 3. The lowest BCUT2D eigenvalue weighted by Gasteiger charge is -2.49. The highest BCUT2D eigenvalue weighted by Gasteiger charge is 2.82. The number of hydrogen-bond donors (Lipinski definition) is 1. The fourth-order valence-electron chi connectivity index (χ4n) is 2.99. The number of hydrogen-bond acceptors (Lipinski definition) is 4. The van der Waals surface area contributed by atoms with Crippen LogP contribution in [0.2, 0.25) is 0 Å². The molecule has 1 heterocycles. The van der Waals surface area contributed by atoms with E-state index in [1.165, 1.54) is 0 Å². The van der Waals surface area contributed by atoms with E-state index in [1.54, 1.807) is 13.8 Å². The first-order valence-corrected chi connectivity index (χ1v) is 8.16. The van der Waals surface area contributed by atoms with E-state index in [-0.39, 0.29) is 17.5 Å². The second kappa shape index (κ2) is 4.04. The average Bonchev–Trinajstić information content (AvgIpc) is 2.40. The topological polar surface area (TPSA) is 80.7 Å². The van der Waals surface area contributed by atoms with Gasteiger partial charge in [-0.2, -0.15) is 0 Å². The molecule has 1 aliphatic heterocycles. The molecular weight excluding hydrogens is 452 g/mol. The van der Waals surface area contributed by atoms with Gasteiger partial charge in [0.25, 0.3) is 0 Å². The summed E-state index contributed by atoms with van der Waals surface area (Å²) in [5.41, 5.74) is -4.43. The van der Waals surface area contributed by atoms with Crippen molar-refractivity contribution in [3.8, 4) is 0 Å². The summed E-state index contributed by atoms with van der Waals surface area (Å²) in [7, 11) is 0. The van der Waals surface area contributed by atoms with E-state index in [0.29, 0.717) is 0 Å². The molecule has 8 heteroatoms. The molecule has 2 fully saturated rings. The van der Waals surface area contributed by atoms with Gasteiger partial charge in [-0.3, -0.25) is 14.4 Å². The lowest BCUT2D eigenvalue weighted by Crippen LogP contribution is -2.66. The van der Waals surface area contributed by atoms with Crippen molar-refractivity contribution in [1.29, 1.82) is 0 Å². The minimum absolute atomic E-state index is 0.0472. The maximum Gasteiger partial charge on any atom is 0.325 e. The molecule has 2 rings (SSSR count). The summed E-state index contributed by atoms with van der Waals surface area (Å²) >= 11 is 9.57. The number of halogens is 3. The summed E-state index contributed by atoms with van der Waals surface area (Å²) < 4.78 is 3.99. The zero-order valence-electron chi connectivity index (χ0n) is 10.1. The highest BCUT2D eigenvalue weighted by molar-refractivity contribution is 9.26. The maximum atomic E-state index is 12.6. The monoisotopic (exact) mass is 460 g/mol. The van der Waals surface area contributed by atoms with Crippen molar-refractivity contribution >= 4 is 65.5 Å². The molecule has 0 aromatic carbocycles. The van der Waals surface area contributed by atoms with Crippen molar-refractivity contribution in [2.24, 2.45) is 10.8 Å². The Labute approximate surface area is 134 Å². The Kier molecular flexibility index (Phi) is 3.28. The van der Waals surface area contributed by atoms with E-state index in [2.05, 4.69) is 47.8 Å². The third-order valence-corrected chi connectivity index (χ3v) is 6.50. The van der Waals surface area contributed by atoms with Gasteiger partial charge in [0.2, 0.25) is 5.78 Å². The molecule has 1 N–H and O–H groups in total. The molecule has 0 radical (unpaired) electrons. The number of Topliss-reactive ketones (excluding diaryl/α,β-unsaturated/α-hetero) is 1. The van der Waals surface area contributed by atoms with Crippen molar-refractivity contribution in [3.63, 3.8) is 0 Å². The van der Waals surface area contributed by atoms with E-state index in [0.717, 1.165) is 0 Å². The molecular formula is C11H11Br3O5. The normalized spacial score (nSPS) is 39.0. The molecule has 0 aromatic rings. The van der Waals surface area contributed by atoms with Gasteiger partial charge in [-0.25, -0.2) is 0 Å². The lowest BCUT2D eigenvalue weighted by molar-refractivity contribution is -0.165. The fraction of sp³-hybridized carbons (Fsp3) is 0.727. The summed E-state index contributed by atoms with van der Waals surface area (Å²) in [5.74, 6) is -2.52. The van der Waals surface area contributed by atoms with E-state index < -0.39 is 31.6 Å². The third-order valence-electron chi connectivity index (χ3n) is 4.43.